The zero-order chi connectivity index (χ0) is 17.2. The maximum atomic E-state index is 5.85. The quantitative estimate of drug-likeness (QED) is 0.907. The highest BCUT2D eigenvalue weighted by Gasteiger charge is 2.31. The standard InChI is InChI=1S/C21H33N3O/c1-16-13-23(14-17(2)25-16)15-18-5-3-6-19(11-18)22-20-8-10-24-9-4-7-21(24)12-20/h3,5-6,11,16-17,20-22H,4,7-10,12-15H2,1-2H3/t16-,17+,20-,21+/m1/s1. The molecule has 3 fully saturated rings. The molecule has 0 radical (unpaired) electrons. The zero-order valence-corrected chi connectivity index (χ0v) is 15.8. The molecule has 0 amide bonds. The number of nitrogens with one attached hydrogen (secondary N) is 1. The topological polar surface area (TPSA) is 27.7 Å². The second-order valence-corrected chi connectivity index (χ2v) is 8.35. The molecule has 3 aliphatic rings. The number of ether oxygens (including phenoxy) is 1. The summed E-state index contributed by atoms with van der Waals surface area (Å²) in [5.74, 6) is 0. The lowest BCUT2D eigenvalue weighted by Gasteiger charge is -2.36. The van der Waals surface area contributed by atoms with Crippen LogP contribution in [0, 0.1) is 0 Å². The molecule has 4 rings (SSSR count). The van der Waals surface area contributed by atoms with Gasteiger partial charge in [0, 0.05) is 44.0 Å². The molecule has 4 heteroatoms. The van der Waals surface area contributed by atoms with E-state index in [0.717, 1.165) is 25.7 Å². The van der Waals surface area contributed by atoms with E-state index in [-0.39, 0.29) is 0 Å². The van der Waals surface area contributed by atoms with Gasteiger partial charge in [-0.05, 0) is 63.8 Å². The van der Waals surface area contributed by atoms with Crippen LogP contribution in [-0.2, 0) is 11.3 Å². The molecule has 0 spiro atoms. The summed E-state index contributed by atoms with van der Waals surface area (Å²) in [5, 5.41) is 3.82. The lowest BCUT2D eigenvalue weighted by atomic mass is 9.97. The average Bonchev–Trinajstić information content (AvgIpc) is 3.02. The monoisotopic (exact) mass is 343 g/mol. The number of rotatable bonds is 4. The second kappa shape index (κ2) is 7.65. The predicted molar refractivity (Wildman–Crippen MR) is 103 cm³/mol. The Hall–Kier alpha value is -1.10. The maximum absolute atomic E-state index is 5.85. The van der Waals surface area contributed by atoms with Gasteiger partial charge in [0.1, 0.15) is 0 Å². The van der Waals surface area contributed by atoms with Gasteiger partial charge in [0.05, 0.1) is 12.2 Å². The molecule has 1 aromatic carbocycles. The molecule has 4 atom stereocenters. The van der Waals surface area contributed by atoms with Crippen LogP contribution in [0.3, 0.4) is 0 Å². The molecular formula is C21H33N3O. The minimum Gasteiger partial charge on any atom is -0.382 e. The third-order valence-electron chi connectivity index (χ3n) is 6.02. The number of piperidine rings is 1. The Morgan fingerprint density at radius 2 is 1.96 bits per heavy atom. The highest BCUT2D eigenvalue weighted by atomic mass is 16.5. The van der Waals surface area contributed by atoms with Crippen molar-refractivity contribution in [1.29, 1.82) is 0 Å². The van der Waals surface area contributed by atoms with E-state index in [1.807, 2.05) is 0 Å². The molecule has 1 N–H and O–H groups in total. The summed E-state index contributed by atoms with van der Waals surface area (Å²) in [4.78, 5) is 5.21. The van der Waals surface area contributed by atoms with E-state index in [9.17, 15) is 0 Å². The minimum absolute atomic E-state index is 0.335. The van der Waals surface area contributed by atoms with Gasteiger partial charge < -0.3 is 15.0 Å². The van der Waals surface area contributed by atoms with Gasteiger partial charge in [-0.2, -0.15) is 0 Å². The van der Waals surface area contributed by atoms with Crippen molar-refractivity contribution in [2.45, 2.75) is 70.4 Å². The van der Waals surface area contributed by atoms with Crippen molar-refractivity contribution in [3.8, 4) is 0 Å². The SMILES string of the molecule is C[C@@H]1CN(Cc2cccc(N[C@@H]3CCN4CCC[C@H]4C3)c2)C[C@H](C)O1. The van der Waals surface area contributed by atoms with Crippen molar-refractivity contribution in [3.63, 3.8) is 0 Å². The number of fused-ring (bicyclic) bond motifs is 1. The molecular weight excluding hydrogens is 310 g/mol. The molecule has 3 saturated heterocycles. The molecule has 4 nitrogen and oxygen atoms in total. The van der Waals surface area contributed by atoms with E-state index in [2.05, 4.69) is 53.2 Å². The van der Waals surface area contributed by atoms with E-state index >= 15 is 0 Å². The molecule has 25 heavy (non-hydrogen) atoms. The van der Waals surface area contributed by atoms with E-state index in [0.29, 0.717) is 18.2 Å². The van der Waals surface area contributed by atoms with Crippen LogP contribution in [-0.4, -0.2) is 60.3 Å². The Bertz CT molecular complexity index is 568. The Balaban J connectivity index is 1.35. The molecule has 3 aliphatic heterocycles. The Morgan fingerprint density at radius 1 is 1.12 bits per heavy atom. The lowest BCUT2D eigenvalue weighted by molar-refractivity contribution is -0.0704. The van der Waals surface area contributed by atoms with Gasteiger partial charge in [0.25, 0.3) is 0 Å². The third-order valence-corrected chi connectivity index (χ3v) is 6.02. The lowest BCUT2D eigenvalue weighted by Crippen LogP contribution is -2.44. The number of benzene rings is 1. The Kier molecular flexibility index (Phi) is 5.30. The molecule has 0 bridgehead atoms. The summed E-state index contributed by atoms with van der Waals surface area (Å²) >= 11 is 0. The fraction of sp³-hybridized carbons (Fsp3) is 0.714. The molecule has 3 heterocycles. The van der Waals surface area contributed by atoms with Crippen molar-refractivity contribution in [1.82, 2.24) is 9.80 Å². The third kappa shape index (κ3) is 4.36. The van der Waals surface area contributed by atoms with Crippen molar-refractivity contribution in [3.05, 3.63) is 29.8 Å². The fourth-order valence-electron chi connectivity index (χ4n) is 5.02. The first-order valence-corrected chi connectivity index (χ1v) is 10.1. The van der Waals surface area contributed by atoms with Crippen LogP contribution in [0.25, 0.3) is 0 Å². The number of morpholine rings is 1. The zero-order valence-electron chi connectivity index (χ0n) is 15.8. The molecule has 1 aromatic rings. The van der Waals surface area contributed by atoms with Crippen LogP contribution in [0.2, 0.25) is 0 Å². The van der Waals surface area contributed by atoms with Crippen molar-refractivity contribution < 1.29 is 4.74 Å². The highest BCUT2D eigenvalue weighted by molar-refractivity contribution is 5.46. The highest BCUT2D eigenvalue weighted by Crippen LogP contribution is 2.28. The molecule has 138 valence electrons. The number of nitrogens with zero attached hydrogens (tertiary/aromatic N) is 2. The van der Waals surface area contributed by atoms with Gasteiger partial charge in [0.15, 0.2) is 0 Å². The van der Waals surface area contributed by atoms with Gasteiger partial charge >= 0.3 is 0 Å². The van der Waals surface area contributed by atoms with E-state index in [1.54, 1.807) is 0 Å². The van der Waals surface area contributed by atoms with Crippen molar-refractivity contribution in [2.24, 2.45) is 0 Å². The molecule has 0 saturated carbocycles. The number of hydrogen-bond donors (Lipinski definition) is 1. The van der Waals surface area contributed by atoms with E-state index in [4.69, 9.17) is 4.74 Å². The van der Waals surface area contributed by atoms with E-state index in [1.165, 1.54) is 50.0 Å². The Labute approximate surface area is 152 Å². The second-order valence-electron chi connectivity index (χ2n) is 8.35. The molecule has 0 aromatic heterocycles. The van der Waals surface area contributed by atoms with Crippen LogP contribution >= 0.6 is 0 Å². The minimum atomic E-state index is 0.335. The van der Waals surface area contributed by atoms with Gasteiger partial charge in [0.2, 0.25) is 0 Å². The summed E-state index contributed by atoms with van der Waals surface area (Å²) < 4.78 is 5.85. The summed E-state index contributed by atoms with van der Waals surface area (Å²) in [6, 6.07) is 10.5. The number of hydrogen-bond acceptors (Lipinski definition) is 4. The van der Waals surface area contributed by atoms with Gasteiger partial charge in [-0.15, -0.1) is 0 Å². The van der Waals surface area contributed by atoms with E-state index < -0.39 is 0 Å². The molecule has 0 aliphatic carbocycles. The van der Waals surface area contributed by atoms with Crippen molar-refractivity contribution >= 4 is 5.69 Å². The smallest absolute Gasteiger partial charge is 0.0678 e. The van der Waals surface area contributed by atoms with Crippen molar-refractivity contribution in [2.75, 3.05) is 31.5 Å². The first-order valence-electron chi connectivity index (χ1n) is 10.1. The van der Waals surface area contributed by atoms with Crippen LogP contribution < -0.4 is 5.32 Å². The van der Waals surface area contributed by atoms with Gasteiger partial charge in [-0.25, -0.2) is 0 Å². The normalized spacial score (nSPS) is 34.0. The fourth-order valence-corrected chi connectivity index (χ4v) is 5.02. The average molecular weight is 344 g/mol. The Morgan fingerprint density at radius 3 is 2.80 bits per heavy atom. The summed E-state index contributed by atoms with van der Waals surface area (Å²) in [6.45, 7) is 10.0. The summed E-state index contributed by atoms with van der Waals surface area (Å²) in [7, 11) is 0. The molecule has 0 unspecified atom stereocenters. The van der Waals surface area contributed by atoms with Crippen LogP contribution in [0.1, 0.15) is 45.1 Å². The predicted octanol–water partition coefficient (Wildman–Crippen LogP) is 3.33. The first kappa shape index (κ1) is 17.3. The summed E-state index contributed by atoms with van der Waals surface area (Å²) in [6.07, 6.45) is 6.04. The first-order chi connectivity index (χ1) is 12.2. The maximum Gasteiger partial charge on any atom is 0.0678 e. The number of anilines is 1. The van der Waals surface area contributed by atoms with Crippen LogP contribution in [0.5, 0.6) is 0 Å². The van der Waals surface area contributed by atoms with Crippen LogP contribution in [0.4, 0.5) is 5.69 Å². The van der Waals surface area contributed by atoms with Gasteiger partial charge in [-0.3, -0.25) is 4.90 Å². The largest absolute Gasteiger partial charge is 0.382 e. The van der Waals surface area contributed by atoms with Crippen LogP contribution in [0.15, 0.2) is 24.3 Å². The van der Waals surface area contributed by atoms with Gasteiger partial charge in [-0.1, -0.05) is 12.1 Å². The summed E-state index contributed by atoms with van der Waals surface area (Å²) in [5.41, 5.74) is 2.70.